The fourth-order valence-corrected chi connectivity index (χ4v) is 1.70. The molecule has 0 bridgehead atoms. The zero-order valence-corrected chi connectivity index (χ0v) is 11.3. The Morgan fingerprint density at radius 1 is 1.24 bits per heavy atom. The lowest BCUT2D eigenvalue weighted by molar-refractivity contribution is -0.0493. The van der Waals surface area contributed by atoms with Gasteiger partial charge in [0.25, 0.3) is 5.91 Å². The number of benzene rings is 1. The molecular weight excluding hydrogens is 302 g/mol. The summed E-state index contributed by atoms with van der Waals surface area (Å²) in [7, 11) is 0. The maximum atomic E-state index is 12.3. The van der Waals surface area contributed by atoms with Gasteiger partial charge in [0.2, 0.25) is 0 Å². The van der Waals surface area contributed by atoms with Crippen molar-refractivity contribution in [1.82, 2.24) is 5.32 Å². The number of furan rings is 1. The molecular formula is C13H10F2N2O3S. The van der Waals surface area contributed by atoms with Crippen LogP contribution in [-0.4, -0.2) is 17.6 Å². The first-order valence-corrected chi connectivity index (χ1v) is 6.17. The highest BCUT2D eigenvalue weighted by Gasteiger charge is 2.13. The normalized spacial score (nSPS) is 10.2. The van der Waals surface area contributed by atoms with Crippen LogP contribution < -0.4 is 15.4 Å². The minimum atomic E-state index is -2.96. The molecule has 110 valence electrons. The third-order valence-electron chi connectivity index (χ3n) is 2.32. The van der Waals surface area contributed by atoms with E-state index in [9.17, 15) is 13.6 Å². The summed E-state index contributed by atoms with van der Waals surface area (Å²) in [5.41, 5.74) is 0.211. The lowest BCUT2D eigenvalue weighted by atomic mass is 10.3. The summed E-state index contributed by atoms with van der Waals surface area (Å²) in [4.78, 5) is 11.7. The molecule has 0 aliphatic heterocycles. The Kier molecular flexibility index (Phi) is 4.83. The Hall–Kier alpha value is -2.48. The second kappa shape index (κ2) is 6.80. The molecule has 8 heteroatoms. The van der Waals surface area contributed by atoms with Gasteiger partial charge in [-0.2, -0.15) is 8.78 Å². The van der Waals surface area contributed by atoms with Gasteiger partial charge < -0.3 is 14.5 Å². The van der Waals surface area contributed by atoms with Crippen molar-refractivity contribution in [1.29, 1.82) is 0 Å². The summed E-state index contributed by atoms with van der Waals surface area (Å²) in [5.74, 6) is -0.553. The highest BCUT2D eigenvalue weighted by atomic mass is 32.1. The zero-order chi connectivity index (χ0) is 15.2. The first-order valence-electron chi connectivity index (χ1n) is 5.76. The van der Waals surface area contributed by atoms with Crippen molar-refractivity contribution in [3.63, 3.8) is 0 Å². The summed E-state index contributed by atoms with van der Waals surface area (Å²) >= 11 is 4.93. The van der Waals surface area contributed by atoms with Crippen LogP contribution in [0.3, 0.4) is 0 Å². The lowest BCUT2D eigenvalue weighted by Crippen LogP contribution is -2.34. The molecule has 0 fully saturated rings. The van der Waals surface area contributed by atoms with E-state index in [1.807, 2.05) is 0 Å². The third kappa shape index (κ3) is 4.25. The SMILES string of the molecule is O=C(NC(=S)Nc1ccccc1OC(F)F)c1ccco1. The van der Waals surface area contributed by atoms with Crippen molar-refractivity contribution in [3.05, 3.63) is 48.4 Å². The van der Waals surface area contributed by atoms with Gasteiger partial charge in [-0.1, -0.05) is 12.1 Å². The van der Waals surface area contributed by atoms with E-state index in [-0.39, 0.29) is 22.3 Å². The Morgan fingerprint density at radius 3 is 2.67 bits per heavy atom. The number of carbonyl (C=O) groups excluding carboxylic acids is 1. The second-order valence-corrected chi connectivity index (χ2v) is 4.17. The predicted molar refractivity (Wildman–Crippen MR) is 75.5 cm³/mol. The number of ether oxygens (including phenoxy) is 1. The van der Waals surface area contributed by atoms with Gasteiger partial charge in [-0.3, -0.25) is 10.1 Å². The van der Waals surface area contributed by atoms with Crippen LogP contribution in [0.5, 0.6) is 5.75 Å². The number of carbonyl (C=O) groups is 1. The van der Waals surface area contributed by atoms with E-state index in [1.165, 1.54) is 30.5 Å². The number of halogens is 2. The number of hydrogen-bond donors (Lipinski definition) is 2. The molecule has 21 heavy (non-hydrogen) atoms. The van der Waals surface area contributed by atoms with Gasteiger partial charge in [-0.15, -0.1) is 0 Å². The first kappa shape index (κ1) is 14.9. The summed E-state index contributed by atoms with van der Waals surface area (Å²) in [5, 5.41) is 4.90. The van der Waals surface area contributed by atoms with Gasteiger partial charge >= 0.3 is 6.61 Å². The Labute approximate surface area is 123 Å². The molecule has 0 spiro atoms. The number of anilines is 1. The largest absolute Gasteiger partial charge is 0.459 e. The summed E-state index contributed by atoms with van der Waals surface area (Å²) in [6.45, 7) is -2.96. The number of alkyl halides is 2. The van der Waals surface area contributed by atoms with Crippen molar-refractivity contribution in [2.24, 2.45) is 0 Å². The number of thiocarbonyl (C=S) groups is 1. The Bertz CT molecular complexity index is 632. The quantitative estimate of drug-likeness (QED) is 0.850. The molecule has 1 heterocycles. The van der Waals surface area contributed by atoms with Crippen LogP contribution in [-0.2, 0) is 0 Å². The maximum absolute atomic E-state index is 12.3. The molecule has 1 aromatic carbocycles. The fraction of sp³-hybridized carbons (Fsp3) is 0.0769. The summed E-state index contributed by atoms with van der Waals surface area (Å²) < 4.78 is 33.8. The topological polar surface area (TPSA) is 63.5 Å². The first-order chi connectivity index (χ1) is 10.1. The standard InChI is InChI=1S/C13H10F2N2O3S/c14-12(15)20-9-5-2-1-4-8(9)16-13(21)17-11(18)10-6-3-7-19-10/h1-7,12H,(H2,16,17,18,21). The van der Waals surface area contributed by atoms with Crippen molar-refractivity contribution in [2.75, 3.05) is 5.32 Å². The molecule has 0 atom stereocenters. The van der Waals surface area contributed by atoms with Crippen LogP contribution in [0.15, 0.2) is 47.1 Å². The average Bonchev–Trinajstić information content (AvgIpc) is 2.94. The molecule has 0 saturated carbocycles. The average molecular weight is 312 g/mol. The summed E-state index contributed by atoms with van der Waals surface area (Å²) in [6, 6.07) is 9.00. The van der Waals surface area contributed by atoms with Crippen molar-refractivity contribution in [3.8, 4) is 5.75 Å². The minimum absolute atomic E-state index is 0.0679. The van der Waals surface area contributed by atoms with Crippen LogP contribution >= 0.6 is 12.2 Å². The smallest absolute Gasteiger partial charge is 0.387 e. The zero-order valence-electron chi connectivity index (χ0n) is 10.5. The van der Waals surface area contributed by atoms with Gasteiger partial charge in [0.15, 0.2) is 10.9 Å². The molecule has 2 N–H and O–H groups in total. The maximum Gasteiger partial charge on any atom is 0.387 e. The molecule has 5 nitrogen and oxygen atoms in total. The van der Waals surface area contributed by atoms with Gasteiger partial charge in [-0.05, 0) is 36.5 Å². The van der Waals surface area contributed by atoms with E-state index >= 15 is 0 Å². The lowest BCUT2D eigenvalue weighted by Gasteiger charge is -2.13. The number of nitrogens with one attached hydrogen (secondary N) is 2. The molecule has 0 unspecified atom stereocenters. The Balaban J connectivity index is 2.01. The predicted octanol–water partition coefficient (Wildman–Crippen LogP) is 3.01. The van der Waals surface area contributed by atoms with Crippen molar-refractivity contribution < 1.29 is 22.7 Å². The molecule has 0 saturated heterocycles. The molecule has 1 aromatic heterocycles. The number of para-hydroxylation sites is 2. The minimum Gasteiger partial charge on any atom is -0.459 e. The molecule has 2 aromatic rings. The van der Waals surface area contributed by atoms with Crippen LogP contribution in [0.4, 0.5) is 14.5 Å². The van der Waals surface area contributed by atoms with Crippen molar-refractivity contribution in [2.45, 2.75) is 6.61 Å². The number of hydrogen-bond acceptors (Lipinski definition) is 4. The monoisotopic (exact) mass is 312 g/mol. The van der Waals surface area contributed by atoms with E-state index < -0.39 is 12.5 Å². The molecule has 0 aliphatic rings. The molecule has 0 radical (unpaired) electrons. The van der Waals surface area contributed by atoms with Gasteiger partial charge in [0.05, 0.1) is 12.0 Å². The van der Waals surface area contributed by atoms with Gasteiger partial charge in [-0.25, -0.2) is 0 Å². The summed E-state index contributed by atoms with van der Waals surface area (Å²) in [6.07, 6.45) is 1.34. The molecule has 1 amide bonds. The van der Waals surface area contributed by atoms with Gasteiger partial charge in [0.1, 0.15) is 5.75 Å². The molecule has 2 rings (SSSR count). The fourth-order valence-electron chi connectivity index (χ4n) is 1.49. The number of amides is 1. The van der Waals surface area contributed by atoms with Gasteiger partial charge in [0, 0.05) is 0 Å². The highest BCUT2D eigenvalue weighted by Crippen LogP contribution is 2.25. The van der Waals surface area contributed by atoms with Crippen LogP contribution in [0.1, 0.15) is 10.6 Å². The van der Waals surface area contributed by atoms with E-state index in [4.69, 9.17) is 16.6 Å². The molecule has 0 aliphatic carbocycles. The second-order valence-electron chi connectivity index (χ2n) is 3.76. The van der Waals surface area contributed by atoms with E-state index in [2.05, 4.69) is 15.4 Å². The van der Waals surface area contributed by atoms with Crippen molar-refractivity contribution >= 4 is 28.9 Å². The van der Waals surface area contributed by atoms with Crippen LogP contribution in [0.25, 0.3) is 0 Å². The van der Waals surface area contributed by atoms with E-state index in [1.54, 1.807) is 12.1 Å². The third-order valence-corrected chi connectivity index (χ3v) is 2.53. The Morgan fingerprint density at radius 2 is 2.00 bits per heavy atom. The van der Waals surface area contributed by atoms with E-state index in [0.29, 0.717) is 0 Å². The van der Waals surface area contributed by atoms with Crippen LogP contribution in [0, 0.1) is 0 Å². The highest BCUT2D eigenvalue weighted by molar-refractivity contribution is 7.80. The van der Waals surface area contributed by atoms with Crippen LogP contribution in [0.2, 0.25) is 0 Å². The number of rotatable bonds is 4. The van der Waals surface area contributed by atoms with E-state index in [0.717, 1.165) is 0 Å².